The summed E-state index contributed by atoms with van der Waals surface area (Å²) in [5.74, 6) is 0.737. The Balaban J connectivity index is 1.57. The average Bonchev–Trinajstić information content (AvgIpc) is 3.17. The molecule has 0 aromatic carbocycles. The molecule has 1 aliphatic heterocycles. The van der Waals surface area contributed by atoms with Crippen molar-refractivity contribution in [1.82, 2.24) is 24.5 Å². The van der Waals surface area contributed by atoms with E-state index in [1.54, 1.807) is 6.20 Å². The van der Waals surface area contributed by atoms with E-state index in [-0.39, 0.29) is 5.91 Å². The highest BCUT2D eigenvalue weighted by atomic mass is 16.1. The molecule has 3 heterocycles. The molecule has 0 bridgehead atoms. The first kappa shape index (κ1) is 17.7. The Morgan fingerprint density at radius 1 is 1.32 bits per heavy atom. The molecule has 1 aliphatic rings. The molecule has 3 rings (SSSR count). The summed E-state index contributed by atoms with van der Waals surface area (Å²) in [4.78, 5) is 13.8. The summed E-state index contributed by atoms with van der Waals surface area (Å²) in [6.45, 7) is 9.87. The second kappa shape index (κ2) is 7.82. The minimum absolute atomic E-state index is 0.0567. The molecule has 0 radical (unpaired) electrons. The third kappa shape index (κ3) is 4.10. The normalized spacial score (nSPS) is 16.3. The first-order valence-corrected chi connectivity index (χ1v) is 9.13. The zero-order chi connectivity index (χ0) is 17.8. The van der Waals surface area contributed by atoms with Crippen molar-refractivity contribution in [1.29, 1.82) is 0 Å². The zero-order valence-electron chi connectivity index (χ0n) is 15.4. The van der Waals surface area contributed by atoms with Crippen molar-refractivity contribution in [2.75, 3.05) is 18.4 Å². The predicted molar refractivity (Wildman–Crippen MR) is 97.3 cm³/mol. The fourth-order valence-electron chi connectivity index (χ4n) is 3.53. The van der Waals surface area contributed by atoms with Crippen molar-refractivity contribution < 1.29 is 4.79 Å². The van der Waals surface area contributed by atoms with Gasteiger partial charge in [0.25, 0.3) is 0 Å². The molecule has 2 aromatic heterocycles. The number of piperidine rings is 1. The molecular formula is C18H28N6O. The van der Waals surface area contributed by atoms with Gasteiger partial charge in [-0.25, -0.2) is 4.68 Å². The summed E-state index contributed by atoms with van der Waals surface area (Å²) in [7, 11) is 0. The van der Waals surface area contributed by atoms with Gasteiger partial charge < -0.3 is 5.32 Å². The van der Waals surface area contributed by atoms with E-state index in [4.69, 9.17) is 0 Å². The summed E-state index contributed by atoms with van der Waals surface area (Å²) < 4.78 is 4.06. The maximum Gasteiger partial charge on any atom is 0.222 e. The van der Waals surface area contributed by atoms with Crippen molar-refractivity contribution in [2.45, 2.75) is 59.2 Å². The molecule has 0 aliphatic carbocycles. The maximum absolute atomic E-state index is 11.3. The zero-order valence-corrected chi connectivity index (χ0v) is 15.4. The van der Waals surface area contributed by atoms with Gasteiger partial charge in [-0.15, -0.1) is 0 Å². The Bertz CT molecular complexity index is 711. The summed E-state index contributed by atoms with van der Waals surface area (Å²) in [6.07, 6.45) is 6.95. The number of nitrogens with one attached hydrogen (secondary N) is 1. The maximum atomic E-state index is 11.3. The highest BCUT2D eigenvalue weighted by Crippen LogP contribution is 2.26. The first-order chi connectivity index (χ1) is 12.1. The van der Waals surface area contributed by atoms with Gasteiger partial charge in [0, 0.05) is 50.4 Å². The largest absolute Gasteiger partial charge is 0.311 e. The van der Waals surface area contributed by atoms with Crippen molar-refractivity contribution in [2.24, 2.45) is 0 Å². The van der Waals surface area contributed by atoms with Crippen LogP contribution in [0.4, 0.5) is 5.82 Å². The number of carbonyl (C=O) groups excluding carboxylic acids is 1. The summed E-state index contributed by atoms with van der Waals surface area (Å²) >= 11 is 0. The van der Waals surface area contributed by atoms with Crippen LogP contribution >= 0.6 is 0 Å². The lowest BCUT2D eigenvalue weighted by atomic mass is 10.0. The van der Waals surface area contributed by atoms with Crippen LogP contribution < -0.4 is 5.32 Å². The Labute approximate surface area is 149 Å². The molecule has 1 N–H and O–H groups in total. The third-order valence-corrected chi connectivity index (χ3v) is 4.91. The van der Waals surface area contributed by atoms with E-state index in [1.807, 2.05) is 16.9 Å². The summed E-state index contributed by atoms with van der Waals surface area (Å²) in [5.41, 5.74) is 2.61. The van der Waals surface area contributed by atoms with Crippen LogP contribution in [-0.4, -0.2) is 43.5 Å². The minimum atomic E-state index is -0.0567. The van der Waals surface area contributed by atoms with E-state index in [1.165, 1.54) is 18.2 Å². The molecule has 25 heavy (non-hydrogen) atoms. The van der Waals surface area contributed by atoms with Gasteiger partial charge in [0.2, 0.25) is 5.91 Å². The number of aromatic nitrogens is 4. The number of anilines is 1. The monoisotopic (exact) mass is 344 g/mol. The fraction of sp³-hybridized carbons (Fsp3) is 0.611. The van der Waals surface area contributed by atoms with Crippen LogP contribution in [-0.2, 0) is 17.9 Å². The molecule has 7 nitrogen and oxygen atoms in total. The lowest BCUT2D eigenvalue weighted by Crippen LogP contribution is -2.35. The molecule has 136 valence electrons. The second-order valence-electron chi connectivity index (χ2n) is 6.83. The number of hydrogen-bond acceptors (Lipinski definition) is 4. The molecule has 0 saturated carbocycles. The second-order valence-corrected chi connectivity index (χ2v) is 6.83. The van der Waals surface area contributed by atoms with Crippen molar-refractivity contribution >= 4 is 11.7 Å². The molecule has 7 heteroatoms. The van der Waals surface area contributed by atoms with Gasteiger partial charge in [-0.3, -0.25) is 14.4 Å². The minimum Gasteiger partial charge on any atom is -0.311 e. The quantitative estimate of drug-likeness (QED) is 0.874. The molecular weight excluding hydrogens is 316 g/mol. The Morgan fingerprint density at radius 2 is 2.08 bits per heavy atom. The SMILES string of the molecule is CCCn1ncc(CN2CCC(n3nccc3NC(C)=O)CC2)c1C. The van der Waals surface area contributed by atoms with E-state index in [0.717, 1.165) is 51.3 Å². The van der Waals surface area contributed by atoms with E-state index >= 15 is 0 Å². The van der Waals surface area contributed by atoms with Crippen molar-refractivity contribution in [3.05, 3.63) is 29.7 Å². The van der Waals surface area contributed by atoms with E-state index in [0.29, 0.717) is 6.04 Å². The number of carbonyl (C=O) groups is 1. The first-order valence-electron chi connectivity index (χ1n) is 9.13. The van der Waals surface area contributed by atoms with Gasteiger partial charge in [-0.2, -0.15) is 10.2 Å². The lowest BCUT2D eigenvalue weighted by Gasteiger charge is -2.32. The summed E-state index contributed by atoms with van der Waals surface area (Å²) in [6, 6.07) is 2.20. The topological polar surface area (TPSA) is 68.0 Å². The fourth-order valence-corrected chi connectivity index (χ4v) is 3.53. The lowest BCUT2D eigenvalue weighted by molar-refractivity contribution is -0.114. The van der Waals surface area contributed by atoms with Gasteiger partial charge in [0.15, 0.2) is 0 Å². The van der Waals surface area contributed by atoms with E-state index < -0.39 is 0 Å². The standard InChI is InChI=1S/C18H28N6O/c1-4-9-23-14(2)16(12-20-23)13-22-10-6-17(7-11-22)24-18(5-8-19-24)21-15(3)25/h5,8,12,17H,4,6-7,9-11,13H2,1-3H3,(H,21,25). The van der Waals surface area contributed by atoms with Crippen LogP contribution in [0.2, 0.25) is 0 Å². The molecule has 2 aromatic rings. The highest BCUT2D eigenvalue weighted by molar-refractivity contribution is 5.87. The number of rotatable bonds is 6. The van der Waals surface area contributed by atoms with Gasteiger partial charge in [0.1, 0.15) is 5.82 Å². The van der Waals surface area contributed by atoms with Crippen LogP contribution in [0.15, 0.2) is 18.5 Å². The van der Waals surface area contributed by atoms with Crippen LogP contribution in [0.25, 0.3) is 0 Å². The van der Waals surface area contributed by atoms with Crippen LogP contribution in [0.1, 0.15) is 50.4 Å². The Kier molecular flexibility index (Phi) is 5.53. The van der Waals surface area contributed by atoms with Crippen LogP contribution in [0, 0.1) is 6.92 Å². The number of hydrogen-bond donors (Lipinski definition) is 1. The van der Waals surface area contributed by atoms with Crippen molar-refractivity contribution in [3.63, 3.8) is 0 Å². The molecule has 1 amide bonds. The number of amides is 1. The van der Waals surface area contributed by atoms with Crippen LogP contribution in [0.3, 0.4) is 0 Å². The Morgan fingerprint density at radius 3 is 2.76 bits per heavy atom. The smallest absolute Gasteiger partial charge is 0.222 e. The Hall–Kier alpha value is -2.15. The molecule has 0 unspecified atom stereocenters. The van der Waals surface area contributed by atoms with Gasteiger partial charge in [-0.1, -0.05) is 6.92 Å². The highest BCUT2D eigenvalue weighted by Gasteiger charge is 2.23. The number of nitrogens with zero attached hydrogens (tertiary/aromatic N) is 5. The molecule has 1 fully saturated rings. The van der Waals surface area contributed by atoms with Gasteiger partial charge in [-0.05, 0) is 26.2 Å². The average molecular weight is 344 g/mol. The third-order valence-electron chi connectivity index (χ3n) is 4.91. The van der Waals surface area contributed by atoms with E-state index in [2.05, 4.69) is 38.9 Å². The van der Waals surface area contributed by atoms with E-state index in [9.17, 15) is 4.79 Å². The van der Waals surface area contributed by atoms with Gasteiger partial charge in [0.05, 0.1) is 18.4 Å². The van der Waals surface area contributed by atoms with Crippen molar-refractivity contribution in [3.8, 4) is 0 Å². The summed E-state index contributed by atoms with van der Waals surface area (Å²) in [5, 5.41) is 11.8. The number of aryl methyl sites for hydroxylation is 1. The molecule has 1 saturated heterocycles. The van der Waals surface area contributed by atoms with Crippen LogP contribution in [0.5, 0.6) is 0 Å². The van der Waals surface area contributed by atoms with Gasteiger partial charge >= 0.3 is 0 Å². The molecule has 0 spiro atoms. The molecule has 0 atom stereocenters. The number of likely N-dealkylation sites (tertiary alicyclic amines) is 1. The predicted octanol–water partition coefficient (Wildman–Crippen LogP) is 2.59.